The van der Waals surface area contributed by atoms with Crippen molar-refractivity contribution < 1.29 is 0 Å². The Hall–Kier alpha value is -8.90. The van der Waals surface area contributed by atoms with Crippen LogP contribution in [0.5, 0.6) is 0 Å². The molecule has 0 unspecified atom stereocenters. The second kappa shape index (κ2) is 13.3. The van der Waals surface area contributed by atoms with E-state index in [1.54, 1.807) is 0 Å². The van der Waals surface area contributed by atoms with Crippen LogP contribution in [0.4, 0.5) is 0 Å². The van der Waals surface area contributed by atoms with Crippen molar-refractivity contribution in [2.24, 2.45) is 0 Å². The lowest BCUT2D eigenvalue weighted by molar-refractivity contribution is 1.12. The summed E-state index contributed by atoms with van der Waals surface area (Å²) in [7, 11) is 0. The molecule has 0 N–H and O–H groups in total. The summed E-state index contributed by atoms with van der Waals surface area (Å²) in [4.78, 5) is 0. The Bertz CT molecular complexity index is 4170. The highest BCUT2D eigenvalue weighted by Gasteiger charge is 2.23. The largest absolute Gasteiger partial charge is 0.309 e. The molecule has 0 radical (unpaired) electrons. The van der Waals surface area contributed by atoms with E-state index in [2.05, 4.69) is 208 Å². The molecule has 13 aromatic rings. The van der Waals surface area contributed by atoms with Gasteiger partial charge in [0.25, 0.3) is 0 Å². The molecule has 0 fully saturated rings. The molecule has 0 aliphatic carbocycles. The van der Waals surface area contributed by atoms with Gasteiger partial charge >= 0.3 is 0 Å². The van der Waals surface area contributed by atoms with Gasteiger partial charge < -0.3 is 13.7 Å². The number of fused-ring (bicyclic) bond motifs is 13. The fourth-order valence-electron chi connectivity index (χ4n) is 10.4. The third-order valence-corrected chi connectivity index (χ3v) is 13.1. The first-order chi connectivity index (χ1) is 31.2. The lowest BCUT2D eigenvalue weighted by atomic mass is 9.99. The third-order valence-electron chi connectivity index (χ3n) is 13.1. The summed E-state index contributed by atoms with van der Waals surface area (Å²) >= 11 is 0. The van der Waals surface area contributed by atoms with Crippen LogP contribution in [-0.2, 0) is 0 Å². The fraction of sp³-hybridized carbons (Fsp3) is 0. The van der Waals surface area contributed by atoms with Gasteiger partial charge in [-0.3, -0.25) is 0 Å². The maximum absolute atomic E-state index is 11.1. The topological polar surface area (TPSA) is 62.4 Å². The molecule has 0 saturated carbocycles. The van der Waals surface area contributed by atoms with E-state index >= 15 is 0 Å². The summed E-state index contributed by atoms with van der Waals surface area (Å²) < 4.78 is 6.69. The molecule has 63 heavy (non-hydrogen) atoms. The lowest BCUT2D eigenvalue weighted by Crippen LogP contribution is -2.04. The van der Waals surface area contributed by atoms with Crippen LogP contribution in [0.25, 0.3) is 115 Å². The Kier molecular flexibility index (Phi) is 7.37. The number of rotatable bonds is 4. The summed E-state index contributed by atoms with van der Waals surface area (Å²) in [6.07, 6.45) is 0. The number of hydrogen-bond donors (Lipinski definition) is 0. The van der Waals surface area contributed by atoms with E-state index in [0.717, 1.165) is 87.5 Å². The molecule has 5 nitrogen and oxygen atoms in total. The highest BCUT2D eigenvalue weighted by atomic mass is 15.0. The minimum atomic E-state index is 0.478. The van der Waals surface area contributed by atoms with Crippen LogP contribution in [0, 0.1) is 22.7 Å². The van der Waals surface area contributed by atoms with Gasteiger partial charge in [-0.05, 0) is 99.4 Å². The summed E-state index contributed by atoms with van der Waals surface area (Å²) in [5, 5.41) is 33.5. The predicted octanol–water partition coefficient (Wildman–Crippen LogP) is 14.7. The number of benzene rings is 10. The Labute approximate surface area is 361 Å². The standard InChI is InChI=1S/C58H33N5/c59-34-40-33-55(41(35-60)32-54(40)62-50-21-11-9-19-47(50)57-43-16-6-4-12-36(43)23-28-52(57)62)63-51-27-25-38(30-48(51)58-44-17-7-5-13-37(44)24-29-53(58)63)39-22-26-46-45-18-8-10-20-49(45)61(56(46)31-39)42-14-2-1-3-15-42/h1-33H. The Morgan fingerprint density at radius 2 is 0.762 bits per heavy atom. The molecular formula is C58H33N5. The molecule has 0 saturated heterocycles. The second-order valence-electron chi connectivity index (χ2n) is 16.3. The number of aromatic nitrogens is 3. The van der Waals surface area contributed by atoms with Gasteiger partial charge in [0.15, 0.2) is 0 Å². The summed E-state index contributed by atoms with van der Waals surface area (Å²) in [5.41, 5.74) is 11.8. The van der Waals surface area contributed by atoms with Crippen LogP contribution in [0.15, 0.2) is 200 Å². The number of nitrogens with zero attached hydrogens (tertiary/aromatic N) is 5. The molecule has 10 aromatic carbocycles. The minimum Gasteiger partial charge on any atom is -0.309 e. The van der Waals surface area contributed by atoms with E-state index in [1.807, 2.05) is 18.2 Å². The van der Waals surface area contributed by atoms with Gasteiger partial charge in [-0.15, -0.1) is 0 Å². The van der Waals surface area contributed by atoms with Crippen LogP contribution in [0.1, 0.15) is 11.1 Å². The van der Waals surface area contributed by atoms with Crippen molar-refractivity contribution in [1.82, 2.24) is 13.7 Å². The zero-order valence-electron chi connectivity index (χ0n) is 33.8. The Balaban J connectivity index is 1.06. The molecule has 0 amide bonds. The van der Waals surface area contributed by atoms with Gasteiger partial charge in [0.05, 0.1) is 55.6 Å². The maximum Gasteiger partial charge on any atom is 0.101 e. The minimum absolute atomic E-state index is 0.478. The lowest BCUT2D eigenvalue weighted by Gasteiger charge is -2.16. The molecule has 290 valence electrons. The van der Waals surface area contributed by atoms with Crippen molar-refractivity contribution in [3.05, 3.63) is 211 Å². The van der Waals surface area contributed by atoms with Crippen molar-refractivity contribution in [3.8, 4) is 40.3 Å². The first kappa shape index (κ1) is 34.9. The van der Waals surface area contributed by atoms with Crippen molar-refractivity contribution in [2.75, 3.05) is 0 Å². The first-order valence-electron chi connectivity index (χ1n) is 21.1. The smallest absolute Gasteiger partial charge is 0.101 e. The van der Waals surface area contributed by atoms with Gasteiger partial charge in [0, 0.05) is 38.0 Å². The van der Waals surface area contributed by atoms with Crippen LogP contribution in [0.3, 0.4) is 0 Å². The number of nitriles is 2. The van der Waals surface area contributed by atoms with E-state index in [4.69, 9.17) is 0 Å². The molecule has 0 spiro atoms. The van der Waals surface area contributed by atoms with E-state index in [-0.39, 0.29) is 0 Å². The molecule has 0 atom stereocenters. The molecular weight excluding hydrogens is 767 g/mol. The highest BCUT2D eigenvalue weighted by Crippen LogP contribution is 2.43. The molecule has 13 rings (SSSR count). The van der Waals surface area contributed by atoms with Gasteiger partial charge in [-0.1, -0.05) is 133 Å². The zero-order chi connectivity index (χ0) is 41.8. The van der Waals surface area contributed by atoms with Gasteiger partial charge in [-0.2, -0.15) is 10.5 Å². The second-order valence-corrected chi connectivity index (χ2v) is 16.3. The first-order valence-corrected chi connectivity index (χ1v) is 21.1. The van der Waals surface area contributed by atoms with Crippen LogP contribution in [0.2, 0.25) is 0 Å². The van der Waals surface area contributed by atoms with Crippen LogP contribution >= 0.6 is 0 Å². The monoisotopic (exact) mass is 799 g/mol. The zero-order valence-corrected chi connectivity index (χ0v) is 33.8. The van der Waals surface area contributed by atoms with Crippen molar-refractivity contribution in [3.63, 3.8) is 0 Å². The maximum atomic E-state index is 11.1. The quantitative estimate of drug-likeness (QED) is 0.178. The Morgan fingerprint density at radius 1 is 0.302 bits per heavy atom. The van der Waals surface area contributed by atoms with Crippen LogP contribution in [-0.4, -0.2) is 13.7 Å². The molecule has 3 aromatic heterocycles. The summed E-state index contributed by atoms with van der Waals surface area (Å²) in [5.74, 6) is 0. The van der Waals surface area contributed by atoms with Gasteiger partial charge in [0.1, 0.15) is 12.1 Å². The molecule has 0 aliphatic rings. The molecule has 0 aliphatic heterocycles. The predicted molar refractivity (Wildman–Crippen MR) is 259 cm³/mol. The summed E-state index contributed by atoms with van der Waals surface area (Å²) in [6, 6.07) is 75.4. The number of hydrogen-bond acceptors (Lipinski definition) is 2. The van der Waals surface area contributed by atoms with E-state index in [9.17, 15) is 10.5 Å². The SMILES string of the molecule is N#Cc1cc(-n2c3ccc(-c4ccc5c6ccccc6n(-c6ccccc6)c5c4)cc3c3c4ccccc4ccc32)c(C#N)cc1-n1c2ccccc2c2c3ccccc3ccc21. The molecule has 3 heterocycles. The normalized spacial score (nSPS) is 11.8. The van der Waals surface area contributed by atoms with Crippen molar-refractivity contribution >= 4 is 87.0 Å². The summed E-state index contributed by atoms with van der Waals surface area (Å²) in [6.45, 7) is 0. The van der Waals surface area contributed by atoms with E-state index in [0.29, 0.717) is 22.5 Å². The molecule has 0 bridgehead atoms. The molecule has 5 heteroatoms. The average Bonchev–Trinajstić information content (AvgIpc) is 3.99. The number of para-hydroxylation sites is 3. The Morgan fingerprint density at radius 3 is 1.40 bits per heavy atom. The average molecular weight is 800 g/mol. The van der Waals surface area contributed by atoms with E-state index < -0.39 is 0 Å². The van der Waals surface area contributed by atoms with Crippen molar-refractivity contribution in [2.45, 2.75) is 0 Å². The fourth-order valence-corrected chi connectivity index (χ4v) is 10.4. The van der Waals surface area contributed by atoms with Crippen molar-refractivity contribution in [1.29, 1.82) is 10.5 Å². The van der Waals surface area contributed by atoms with E-state index in [1.165, 1.54) is 16.3 Å². The third kappa shape index (κ3) is 4.97. The van der Waals surface area contributed by atoms with Gasteiger partial charge in [-0.25, -0.2) is 0 Å². The van der Waals surface area contributed by atoms with Crippen LogP contribution < -0.4 is 0 Å². The highest BCUT2D eigenvalue weighted by molar-refractivity contribution is 6.23. The van der Waals surface area contributed by atoms with Gasteiger partial charge in [0.2, 0.25) is 0 Å².